The van der Waals surface area contributed by atoms with Crippen molar-refractivity contribution in [2.75, 3.05) is 0 Å². The molecule has 4 N–H and O–H groups in total. The van der Waals surface area contributed by atoms with Crippen LogP contribution in [-0.4, -0.2) is 0 Å². The summed E-state index contributed by atoms with van der Waals surface area (Å²) in [4.78, 5) is 0. The maximum absolute atomic E-state index is 12.6. The molecule has 0 saturated carbocycles. The van der Waals surface area contributed by atoms with Crippen LogP contribution in [0, 0.1) is 0 Å². The summed E-state index contributed by atoms with van der Waals surface area (Å²) in [5.41, 5.74) is 10.1. The summed E-state index contributed by atoms with van der Waals surface area (Å²) in [5.74, 6) is 0. The van der Waals surface area contributed by atoms with E-state index in [9.17, 15) is 8.78 Å². The summed E-state index contributed by atoms with van der Waals surface area (Å²) in [6, 6.07) is 2.68. The van der Waals surface area contributed by atoms with E-state index in [-0.39, 0.29) is 12.1 Å². The first-order valence-electron chi connectivity index (χ1n) is 3.51. The summed E-state index contributed by atoms with van der Waals surface area (Å²) in [6.07, 6.45) is 0. The predicted octanol–water partition coefficient (Wildman–Crippen LogP) is 1.15. The Labute approximate surface area is 69.2 Å². The number of benzene rings is 1. The van der Waals surface area contributed by atoms with E-state index in [4.69, 9.17) is 5.73 Å². The van der Waals surface area contributed by atoms with Crippen molar-refractivity contribution in [3.05, 3.63) is 35.4 Å². The largest absolute Gasteiger partial charge is 0.327 e. The molecule has 1 aromatic rings. The Kier molecular flexibility index (Phi) is 2.40. The molecular weight excluding hydrogens is 162 g/mol. The van der Waals surface area contributed by atoms with Crippen LogP contribution in [0.1, 0.15) is 11.1 Å². The van der Waals surface area contributed by atoms with E-state index in [0.29, 0.717) is 5.56 Å². The molecule has 0 aliphatic carbocycles. The number of halogens is 2. The third-order valence-corrected chi connectivity index (χ3v) is 1.60. The van der Waals surface area contributed by atoms with Gasteiger partial charge in [0.1, 0.15) is 0 Å². The lowest BCUT2D eigenvalue weighted by Gasteiger charge is -2.13. The summed E-state index contributed by atoms with van der Waals surface area (Å²) in [7, 11) is 0. The SMILES string of the molecule is NCc1ccccc1C(N)(F)F. The molecule has 0 amide bonds. The highest BCUT2D eigenvalue weighted by Gasteiger charge is 2.27. The van der Waals surface area contributed by atoms with E-state index in [1.165, 1.54) is 18.2 Å². The van der Waals surface area contributed by atoms with Crippen LogP contribution in [0.2, 0.25) is 0 Å². The van der Waals surface area contributed by atoms with Gasteiger partial charge in [-0.15, -0.1) is 0 Å². The van der Waals surface area contributed by atoms with Gasteiger partial charge in [0.05, 0.1) is 0 Å². The average molecular weight is 172 g/mol. The van der Waals surface area contributed by atoms with Crippen LogP contribution in [0.4, 0.5) is 8.78 Å². The number of nitrogens with two attached hydrogens (primary N) is 2. The van der Waals surface area contributed by atoms with Gasteiger partial charge in [-0.25, -0.2) is 0 Å². The minimum absolute atomic E-state index is 0.0724. The molecule has 12 heavy (non-hydrogen) atoms. The third-order valence-electron chi connectivity index (χ3n) is 1.60. The summed E-state index contributed by atoms with van der Waals surface area (Å²) >= 11 is 0. The fraction of sp³-hybridized carbons (Fsp3) is 0.250. The Morgan fingerprint density at radius 1 is 1.25 bits per heavy atom. The van der Waals surface area contributed by atoms with E-state index >= 15 is 0 Å². The highest BCUT2D eigenvalue weighted by molar-refractivity contribution is 5.29. The minimum Gasteiger partial charge on any atom is -0.326 e. The van der Waals surface area contributed by atoms with Gasteiger partial charge in [0.25, 0.3) is 0 Å². The Hall–Kier alpha value is -1.00. The predicted molar refractivity (Wildman–Crippen MR) is 42.4 cm³/mol. The van der Waals surface area contributed by atoms with E-state index in [0.717, 1.165) is 0 Å². The Morgan fingerprint density at radius 2 is 1.83 bits per heavy atom. The summed E-state index contributed by atoms with van der Waals surface area (Å²) < 4.78 is 25.2. The second-order valence-corrected chi connectivity index (χ2v) is 2.48. The topological polar surface area (TPSA) is 52.0 Å². The van der Waals surface area contributed by atoms with E-state index < -0.39 is 6.05 Å². The molecule has 0 atom stereocenters. The van der Waals surface area contributed by atoms with Crippen molar-refractivity contribution in [1.82, 2.24) is 0 Å². The first-order chi connectivity index (χ1) is 5.55. The van der Waals surface area contributed by atoms with Crippen LogP contribution in [0.15, 0.2) is 24.3 Å². The first kappa shape index (κ1) is 9.09. The molecule has 1 rings (SSSR count). The second-order valence-electron chi connectivity index (χ2n) is 2.48. The van der Waals surface area contributed by atoms with Gasteiger partial charge < -0.3 is 5.73 Å². The smallest absolute Gasteiger partial charge is 0.326 e. The third kappa shape index (κ3) is 1.78. The highest BCUT2D eigenvalue weighted by Crippen LogP contribution is 2.24. The normalized spacial score (nSPS) is 11.7. The molecule has 0 aliphatic rings. The van der Waals surface area contributed by atoms with E-state index in [1.54, 1.807) is 6.07 Å². The van der Waals surface area contributed by atoms with E-state index in [1.807, 2.05) is 0 Å². The molecule has 2 nitrogen and oxygen atoms in total. The fourth-order valence-corrected chi connectivity index (χ4v) is 1.02. The Morgan fingerprint density at radius 3 is 2.25 bits per heavy atom. The first-order valence-corrected chi connectivity index (χ1v) is 3.51. The van der Waals surface area contributed by atoms with E-state index in [2.05, 4.69) is 5.73 Å². The van der Waals surface area contributed by atoms with Gasteiger partial charge in [-0.1, -0.05) is 24.3 Å². The number of rotatable bonds is 2. The minimum atomic E-state index is -3.30. The maximum atomic E-state index is 12.6. The molecule has 0 spiro atoms. The van der Waals surface area contributed by atoms with Crippen molar-refractivity contribution in [3.8, 4) is 0 Å². The maximum Gasteiger partial charge on any atom is 0.327 e. The zero-order valence-electron chi connectivity index (χ0n) is 6.43. The molecule has 4 heteroatoms. The summed E-state index contributed by atoms with van der Waals surface area (Å²) in [6.45, 7) is 0.0724. The van der Waals surface area contributed by atoms with Gasteiger partial charge in [0.2, 0.25) is 0 Å². The molecule has 1 aromatic carbocycles. The molecule has 0 fully saturated rings. The Bertz CT molecular complexity index is 268. The van der Waals surface area contributed by atoms with Gasteiger partial charge in [-0.2, -0.15) is 8.78 Å². The van der Waals surface area contributed by atoms with Gasteiger partial charge in [0.15, 0.2) is 0 Å². The standard InChI is InChI=1S/C8H10F2N2/c9-8(10,12)7-4-2-1-3-6(7)5-11/h1-4H,5,11-12H2. The quantitative estimate of drug-likeness (QED) is 0.657. The zero-order valence-corrected chi connectivity index (χ0v) is 6.43. The monoisotopic (exact) mass is 172 g/mol. The van der Waals surface area contributed by atoms with Crippen molar-refractivity contribution < 1.29 is 8.78 Å². The second kappa shape index (κ2) is 3.16. The molecule has 0 radical (unpaired) electrons. The molecular formula is C8H10F2N2. The molecule has 0 bridgehead atoms. The molecule has 0 saturated heterocycles. The van der Waals surface area contributed by atoms with Crippen molar-refractivity contribution in [1.29, 1.82) is 0 Å². The van der Waals surface area contributed by atoms with Crippen LogP contribution in [-0.2, 0) is 12.6 Å². The van der Waals surface area contributed by atoms with Crippen LogP contribution < -0.4 is 11.5 Å². The Balaban J connectivity index is 3.14. The number of alkyl halides is 2. The lowest BCUT2D eigenvalue weighted by Crippen LogP contribution is -2.27. The molecule has 0 aliphatic heterocycles. The fourth-order valence-electron chi connectivity index (χ4n) is 1.02. The number of hydrogen-bond acceptors (Lipinski definition) is 2. The number of hydrogen-bond donors (Lipinski definition) is 2. The lowest BCUT2D eigenvalue weighted by molar-refractivity contribution is 0.00210. The van der Waals surface area contributed by atoms with Crippen molar-refractivity contribution in [3.63, 3.8) is 0 Å². The lowest BCUT2D eigenvalue weighted by atomic mass is 10.1. The van der Waals surface area contributed by atoms with Gasteiger partial charge in [-0.05, 0) is 5.56 Å². The van der Waals surface area contributed by atoms with Gasteiger partial charge >= 0.3 is 6.05 Å². The average Bonchev–Trinajstić information content (AvgIpc) is 2.03. The zero-order chi connectivity index (χ0) is 9.19. The highest BCUT2D eigenvalue weighted by atomic mass is 19.3. The van der Waals surface area contributed by atoms with Crippen LogP contribution in [0.5, 0.6) is 0 Å². The molecule has 0 heterocycles. The molecule has 0 unspecified atom stereocenters. The van der Waals surface area contributed by atoms with Crippen molar-refractivity contribution in [2.45, 2.75) is 12.6 Å². The van der Waals surface area contributed by atoms with Crippen LogP contribution in [0.25, 0.3) is 0 Å². The van der Waals surface area contributed by atoms with Gasteiger partial charge in [0, 0.05) is 12.1 Å². The molecule has 0 aromatic heterocycles. The van der Waals surface area contributed by atoms with Crippen LogP contribution in [0.3, 0.4) is 0 Å². The van der Waals surface area contributed by atoms with Crippen molar-refractivity contribution in [2.24, 2.45) is 11.5 Å². The van der Waals surface area contributed by atoms with Crippen molar-refractivity contribution >= 4 is 0 Å². The van der Waals surface area contributed by atoms with Gasteiger partial charge in [-0.3, -0.25) is 5.73 Å². The van der Waals surface area contributed by atoms with Crippen LogP contribution >= 0.6 is 0 Å². The molecule has 66 valence electrons. The summed E-state index contributed by atoms with van der Waals surface area (Å²) in [5, 5.41) is 0.